The molecule has 1 saturated heterocycles. The summed E-state index contributed by atoms with van der Waals surface area (Å²) in [5, 5.41) is 0. The number of methoxy groups -OCH3 is 2. The molecule has 1 aromatic rings. The first-order valence-electron chi connectivity index (χ1n) is 7.11. The van der Waals surface area contributed by atoms with Crippen LogP contribution in [0.4, 0.5) is 0 Å². The molecule has 1 heterocycles. The fraction of sp³-hybridized carbons (Fsp3) is 0.562. The predicted molar refractivity (Wildman–Crippen MR) is 77.5 cm³/mol. The summed E-state index contributed by atoms with van der Waals surface area (Å²) in [6, 6.07) is 8.21. The highest BCUT2D eigenvalue weighted by molar-refractivity contribution is 5.72. The third-order valence-electron chi connectivity index (χ3n) is 3.87. The minimum absolute atomic E-state index is 0.195. The maximum Gasteiger partial charge on any atom is 0.309 e. The molecule has 1 aliphatic rings. The van der Waals surface area contributed by atoms with Gasteiger partial charge in [0.25, 0.3) is 0 Å². The van der Waals surface area contributed by atoms with Crippen molar-refractivity contribution in [3.63, 3.8) is 0 Å². The van der Waals surface area contributed by atoms with E-state index in [-0.39, 0.29) is 5.97 Å². The second-order valence-electron chi connectivity index (χ2n) is 5.28. The highest BCUT2D eigenvalue weighted by atomic mass is 16.5. The number of nitrogens with zero attached hydrogens (tertiary/aromatic N) is 1. The van der Waals surface area contributed by atoms with Crippen LogP contribution < -0.4 is 0 Å². The van der Waals surface area contributed by atoms with Gasteiger partial charge in [-0.3, -0.25) is 9.69 Å². The van der Waals surface area contributed by atoms with E-state index in [2.05, 4.69) is 21.8 Å². The summed E-state index contributed by atoms with van der Waals surface area (Å²) in [6.07, 6.45) is 2.98. The lowest BCUT2D eigenvalue weighted by Gasteiger charge is -2.31. The van der Waals surface area contributed by atoms with Gasteiger partial charge < -0.3 is 9.47 Å². The number of carbonyl (C=O) groups is 1. The number of esters is 1. The monoisotopic (exact) mass is 277 g/mol. The fourth-order valence-electron chi connectivity index (χ4n) is 2.56. The van der Waals surface area contributed by atoms with Crippen molar-refractivity contribution < 1.29 is 14.3 Å². The molecule has 0 aliphatic carbocycles. The van der Waals surface area contributed by atoms with Gasteiger partial charge in [-0.15, -0.1) is 0 Å². The molecule has 0 saturated carbocycles. The number of carbonyl (C=O) groups excluding carboxylic acids is 1. The van der Waals surface area contributed by atoms with E-state index in [1.54, 1.807) is 7.11 Å². The Labute approximate surface area is 120 Å². The van der Waals surface area contributed by atoms with Crippen molar-refractivity contribution in [2.75, 3.05) is 27.3 Å². The van der Waals surface area contributed by atoms with Crippen LogP contribution in [0, 0.1) is 0 Å². The number of likely N-dealkylation sites (tertiary alicyclic amines) is 1. The van der Waals surface area contributed by atoms with E-state index >= 15 is 0 Å². The molecule has 0 spiro atoms. The van der Waals surface area contributed by atoms with Gasteiger partial charge in [-0.2, -0.15) is 0 Å². The maximum absolute atomic E-state index is 11.2. The van der Waals surface area contributed by atoms with Crippen LogP contribution in [0.3, 0.4) is 0 Å². The van der Waals surface area contributed by atoms with Gasteiger partial charge in [0.15, 0.2) is 0 Å². The molecule has 20 heavy (non-hydrogen) atoms. The van der Waals surface area contributed by atoms with Crippen LogP contribution in [-0.2, 0) is 27.2 Å². The summed E-state index contributed by atoms with van der Waals surface area (Å²) in [7, 11) is 3.21. The van der Waals surface area contributed by atoms with Crippen LogP contribution in [0.5, 0.6) is 0 Å². The summed E-state index contributed by atoms with van der Waals surface area (Å²) >= 11 is 0. The van der Waals surface area contributed by atoms with Crippen LogP contribution in [0.15, 0.2) is 24.3 Å². The number of rotatable bonds is 5. The smallest absolute Gasteiger partial charge is 0.309 e. The third kappa shape index (κ3) is 4.32. The summed E-state index contributed by atoms with van der Waals surface area (Å²) in [5.41, 5.74) is 2.29. The van der Waals surface area contributed by atoms with E-state index in [4.69, 9.17) is 4.74 Å². The first kappa shape index (κ1) is 15.0. The molecule has 1 aliphatic heterocycles. The number of hydrogen-bond donors (Lipinski definition) is 0. The highest BCUT2D eigenvalue weighted by Gasteiger charge is 2.18. The molecule has 0 bridgehead atoms. The van der Waals surface area contributed by atoms with Gasteiger partial charge >= 0.3 is 5.97 Å². The SMILES string of the molecule is COC(=O)Cc1ccc(CN2CCC(OC)CC2)cc1. The second kappa shape index (κ2) is 7.41. The Bertz CT molecular complexity index is 422. The van der Waals surface area contributed by atoms with Gasteiger partial charge in [-0.1, -0.05) is 24.3 Å². The van der Waals surface area contributed by atoms with E-state index in [1.165, 1.54) is 12.7 Å². The Morgan fingerprint density at radius 2 is 1.75 bits per heavy atom. The van der Waals surface area contributed by atoms with Crippen LogP contribution in [0.2, 0.25) is 0 Å². The number of ether oxygens (including phenoxy) is 2. The summed E-state index contributed by atoms with van der Waals surface area (Å²) in [6.45, 7) is 3.14. The number of piperidine rings is 1. The maximum atomic E-state index is 11.2. The molecule has 1 fully saturated rings. The Balaban J connectivity index is 1.83. The van der Waals surface area contributed by atoms with E-state index in [0.29, 0.717) is 12.5 Å². The first-order valence-corrected chi connectivity index (χ1v) is 7.11. The van der Waals surface area contributed by atoms with Crippen molar-refractivity contribution >= 4 is 5.97 Å². The van der Waals surface area contributed by atoms with Crippen molar-refractivity contribution in [1.82, 2.24) is 4.90 Å². The first-order chi connectivity index (χ1) is 9.71. The molecular formula is C16H23NO3. The minimum atomic E-state index is -0.195. The Morgan fingerprint density at radius 3 is 2.30 bits per heavy atom. The van der Waals surface area contributed by atoms with Gasteiger partial charge in [-0.05, 0) is 24.0 Å². The fourth-order valence-corrected chi connectivity index (χ4v) is 2.56. The largest absolute Gasteiger partial charge is 0.469 e. The molecule has 0 unspecified atom stereocenters. The molecule has 0 radical (unpaired) electrons. The lowest BCUT2D eigenvalue weighted by atomic mass is 10.1. The summed E-state index contributed by atoms with van der Waals surface area (Å²) < 4.78 is 10.1. The van der Waals surface area contributed by atoms with Gasteiger partial charge in [0.2, 0.25) is 0 Å². The predicted octanol–water partition coefficient (Wildman–Crippen LogP) is 2.01. The quantitative estimate of drug-likeness (QED) is 0.772. The van der Waals surface area contributed by atoms with E-state index in [9.17, 15) is 4.79 Å². The van der Waals surface area contributed by atoms with E-state index < -0.39 is 0 Å². The Hall–Kier alpha value is -1.39. The van der Waals surface area contributed by atoms with Crippen molar-refractivity contribution in [2.45, 2.75) is 31.9 Å². The molecule has 1 aromatic carbocycles. The zero-order valence-corrected chi connectivity index (χ0v) is 12.3. The summed E-state index contributed by atoms with van der Waals surface area (Å²) in [4.78, 5) is 13.6. The molecular weight excluding hydrogens is 254 g/mol. The summed E-state index contributed by atoms with van der Waals surface area (Å²) in [5.74, 6) is -0.195. The zero-order valence-electron chi connectivity index (χ0n) is 12.3. The molecule has 4 heteroatoms. The molecule has 0 atom stereocenters. The van der Waals surface area contributed by atoms with Gasteiger partial charge in [0, 0.05) is 26.7 Å². The molecule has 4 nitrogen and oxygen atoms in total. The van der Waals surface area contributed by atoms with Gasteiger partial charge in [0.05, 0.1) is 19.6 Å². The molecule has 0 N–H and O–H groups in total. The average Bonchev–Trinajstić information content (AvgIpc) is 2.50. The van der Waals surface area contributed by atoms with Crippen LogP contribution in [0.25, 0.3) is 0 Å². The lowest BCUT2D eigenvalue weighted by molar-refractivity contribution is -0.139. The van der Waals surface area contributed by atoms with E-state index in [0.717, 1.165) is 38.0 Å². The van der Waals surface area contributed by atoms with Crippen LogP contribution in [-0.4, -0.2) is 44.3 Å². The van der Waals surface area contributed by atoms with Crippen LogP contribution in [0.1, 0.15) is 24.0 Å². The number of hydrogen-bond acceptors (Lipinski definition) is 4. The molecule has 2 rings (SSSR count). The second-order valence-corrected chi connectivity index (χ2v) is 5.28. The topological polar surface area (TPSA) is 38.8 Å². The van der Waals surface area contributed by atoms with Gasteiger partial charge in [0.1, 0.15) is 0 Å². The van der Waals surface area contributed by atoms with E-state index in [1.807, 2.05) is 12.1 Å². The van der Waals surface area contributed by atoms with Crippen molar-refractivity contribution in [3.05, 3.63) is 35.4 Å². The standard InChI is InChI=1S/C16H23NO3/c1-19-15-7-9-17(10-8-15)12-14-5-3-13(4-6-14)11-16(18)20-2/h3-6,15H,7-12H2,1-2H3. The lowest BCUT2D eigenvalue weighted by Crippen LogP contribution is -2.36. The Morgan fingerprint density at radius 1 is 1.15 bits per heavy atom. The third-order valence-corrected chi connectivity index (χ3v) is 3.87. The Kier molecular flexibility index (Phi) is 5.56. The minimum Gasteiger partial charge on any atom is -0.469 e. The van der Waals surface area contributed by atoms with Crippen molar-refractivity contribution in [2.24, 2.45) is 0 Å². The molecule has 110 valence electrons. The normalized spacial score (nSPS) is 17.1. The van der Waals surface area contributed by atoms with Crippen molar-refractivity contribution in [3.8, 4) is 0 Å². The van der Waals surface area contributed by atoms with Crippen LogP contribution >= 0.6 is 0 Å². The molecule has 0 amide bonds. The van der Waals surface area contributed by atoms with Gasteiger partial charge in [-0.25, -0.2) is 0 Å². The highest BCUT2D eigenvalue weighted by Crippen LogP contribution is 2.16. The molecule has 0 aromatic heterocycles. The number of benzene rings is 1. The van der Waals surface area contributed by atoms with Crippen molar-refractivity contribution in [1.29, 1.82) is 0 Å². The zero-order chi connectivity index (χ0) is 14.4. The average molecular weight is 277 g/mol.